The Bertz CT molecular complexity index is 564. The molecule has 0 saturated carbocycles. The average molecular weight is 233 g/mol. The van der Waals surface area contributed by atoms with Crippen LogP contribution in [-0.2, 0) is 0 Å². The summed E-state index contributed by atoms with van der Waals surface area (Å²) in [6, 6.07) is 1.92. The summed E-state index contributed by atoms with van der Waals surface area (Å²) in [5, 5.41) is 17.5. The molecule has 0 aliphatic rings. The van der Waals surface area contributed by atoms with Crippen molar-refractivity contribution in [2.24, 2.45) is 0 Å². The fourth-order valence-electron chi connectivity index (χ4n) is 1.16. The largest absolute Gasteiger partial charge is 0.305 e. The van der Waals surface area contributed by atoms with E-state index in [1.165, 1.54) is 17.5 Å². The van der Waals surface area contributed by atoms with Gasteiger partial charge in [-0.1, -0.05) is 0 Å². The summed E-state index contributed by atoms with van der Waals surface area (Å²) in [5.41, 5.74) is 2.57. The molecule has 0 fully saturated rings. The number of hydrogen-bond donors (Lipinski definition) is 2. The van der Waals surface area contributed by atoms with E-state index in [1.807, 2.05) is 6.07 Å². The van der Waals surface area contributed by atoms with Crippen LogP contribution in [0.2, 0.25) is 0 Å². The number of aryl methyl sites for hydroxylation is 1. The quantitative estimate of drug-likeness (QED) is 0.817. The minimum absolute atomic E-state index is 0.291. The van der Waals surface area contributed by atoms with Gasteiger partial charge >= 0.3 is 0 Å². The molecular formula is C9H7N5OS. The lowest BCUT2D eigenvalue weighted by Crippen LogP contribution is -2.12. The molecule has 2 rings (SSSR count). The number of H-pyrrole nitrogens is 1. The van der Waals surface area contributed by atoms with Gasteiger partial charge in [0.15, 0.2) is 0 Å². The molecular weight excluding hydrogens is 226 g/mol. The normalized spacial score (nSPS) is 9.75. The Morgan fingerprint density at radius 2 is 2.50 bits per heavy atom. The van der Waals surface area contributed by atoms with Crippen molar-refractivity contribution >= 4 is 23.1 Å². The van der Waals surface area contributed by atoms with Gasteiger partial charge in [-0.2, -0.15) is 10.4 Å². The molecule has 16 heavy (non-hydrogen) atoms. The molecule has 0 saturated heterocycles. The van der Waals surface area contributed by atoms with Crippen molar-refractivity contribution in [3.8, 4) is 6.07 Å². The van der Waals surface area contributed by atoms with Gasteiger partial charge in [-0.05, 0) is 6.92 Å². The second kappa shape index (κ2) is 4.12. The van der Waals surface area contributed by atoms with Crippen LogP contribution in [0.5, 0.6) is 0 Å². The maximum absolute atomic E-state index is 11.8. The SMILES string of the molecule is Cc1ncsc1C(=O)Nc1[nH]ncc1C#N. The minimum Gasteiger partial charge on any atom is -0.305 e. The Hall–Kier alpha value is -2.20. The molecule has 0 bridgehead atoms. The number of hydrogen-bond acceptors (Lipinski definition) is 5. The molecule has 2 aromatic heterocycles. The lowest BCUT2D eigenvalue weighted by molar-refractivity contribution is 0.102. The van der Waals surface area contributed by atoms with Gasteiger partial charge in [-0.3, -0.25) is 9.89 Å². The van der Waals surface area contributed by atoms with Gasteiger partial charge in [-0.15, -0.1) is 11.3 Å². The van der Waals surface area contributed by atoms with Crippen molar-refractivity contribution in [1.82, 2.24) is 15.2 Å². The number of nitriles is 1. The Kier molecular flexibility index (Phi) is 2.66. The van der Waals surface area contributed by atoms with Crippen LogP contribution in [-0.4, -0.2) is 21.1 Å². The summed E-state index contributed by atoms with van der Waals surface area (Å²) in [7, 11) is 0. The van der Waals surface area contributed by atoms with Crippen molar-refractivity contribution in [1.29, 1.82) is 5.26 Å². The summed E-state index contributed by atoms with van der Waals surface area (Å²) < 4.78 is 0. The maximum Gasteiger partial charge on any atom is 0.268 e. The fourth-order valence-corrected chi connectivity index (χ4v) is 1.85. The van der Waals surface area contributed by atoms with Crippen molar-refractivity contribution in [2.75, 3.05) is 5.32 Å². The minimum atomic E-state index is -0.291. The van der Waals surface area contributed by atoms with Gasteiger partial charge in [0.05, 0.1) is 17.4 Å². The third-order valence-corrected chi connectivity index (χ3v) is 2.88. The van der Waals surface area contributed by atoms with E-state index in [1.54, 1.807) is 12.4 Å². The third kappa shape index (κ3) is 1.78. The molecule has 6 nitrogen and oxygen atoms in total. The number of anilines is 1. The van der Waals surface area contributed by atoms with Crippen molar-refractivity contribution in [3.05, 3.63) is 27.8 Å². The van der Waals surface area contributed by atoms with E-state index in [-0.39, 0.29) is 5.91 Å². The maximum atomic E-state index is 11.8. The van der Waals surface area contributed by atoms with Gasteiger partial charge in [-0.25, -0.2) is 4.98 Å². The Labute approximate surface area is 94.9 Å². The van der Waals surface area contributed by atoms with Gasteiger partial charge < -0.3 is 5.32 Å². The van der Waals surface area contributed by atoms with E-state index < -0.39 is 0 Å². The highest BCUT2D eigenvalue weighted by molar-refractivity contribution is 7.12. The molecule has 0 spiro atoms. The van der Waals surface area contributed by atoms with E-state index in [0.717, 1.165) is 0 Å². The second-order valence-corrected chi connectivity index (χ2v) is 3.85. The van der Waals surface area contributed by atoms with Crippen LogP contribution < -0.4 is 5.32 Å². The third-order valence-electron chi connectivity index (χ3n) is 1.95. The lowest BCUT2D eigenvalue weighted by atomic mass is 10.3. The first-order valence-electron chi connectivity index (χ1n) is 4.37. The number of carbonyl (C=O) groups excluding carboxylic acids is 1. The number of nitrogens with one attached hydrogen (secondary N) is 2. The highest BCUT2D eigenvalue weighted by Gasteiger charge is 2.14. The second-order valence-electron chi connectivity index (χ2n) is 2.99. The molecule has 0 atom stereocenters. The molecule has 0 aromatic carbocycles. The topological polar surface area (TPSA) is 94.5 Å². The number of amides is 1. The molecule has 2 N–H and O–H groups in total. The Morgan fingerprint density at radius 3 is 3.12 bits per heavy atom. The number of rotatable bonds is 2. The van der Waals surface area contributed by atoms with Crippen LogP contribution in [0.15, 0.2) is 11.7 Å². The first-order valence-corrected chi connectivity index (χ1v) is 5.25. The van der Waals surface area contributed by atoms with Crippen molar-refractivity contribution in [3.63, 3.8) is 0 Å². The van der Waals surface area contributed by atoms with Crippen molar-refractivity contribution < 1.29 is 4.79 Å². The summed E-state index contributed by atoms with van der Waals surface area (Å²) >= 11 is 1.25. The highest BCUT2D eigenvalue weighted by Crippen LogP contribution is 2.16. The number of aromatic nitrogens is 3. The summed E-state index contributed by atoms with van der Waals surface area (Å²) in [6.45, 7) is 1.75. The summed E-state index contributed by atoms with van der Waals surface area (Å²) in [4.78, 5) is 16.3. The number of aromatic amines is 1. The predicted octanol–water partition coefficient (Wildman–Crippen LogP) is 1.30. The first-order chi connectivity index (χ1) is 7.72. The number of nitrogens with zero attached hydrogens (tertiary/aromatic N) is 3. The van der Waals surface area contributed by atoms with Crippen molar-refractivity contribution in [2.45, 2.75) is 6.92 Å². The lowest BCUT2D eigenvalue weighted by Gasteiger charge is -2.00. The highest BCUT2D eigenvalue weighted by atomic mass is 32.1. The monoisotopic (exact) mass is 233 g/mol. The average Bonchev–Trinajstić information content (AvgIpc) is 2.86. The van der Waals surface area contributed by atoms with Crippen LogP contribution in [0.1, 0.15) is 20.9 Å². The summed E-state index contributed by atoms with van der Waals surface area (Å²) in [5.74, 6) is 0.0149. The van der Waals surface area contributed by atoms with Crippen LogP contribution in [0, 0.1) is 18.3 Å². The fraction of sp³-hybridized carbons (Fsp3) is 0.111. The van der Waals surface area contributed by atoms with Gasteiger partial charge in [0.1, 0.15) is 22.3 Å². The Balaban J connectivity index is 2.21. The molecule has 2 aromatic rings. The van der Waals surface area contributed by atoms with E-state index in [0.29, 0.717) is 22.0 Å². The molecule has 0 aliphatic heterocycles. The van der Waals surface area contributed by atoms with Gasteiger partial charge in [0.2, 0.25) is 0 Å². The molecule has 1 amide bonds. The standard InChI is InChI=1S/C9H7N5OS/c1-5-7(16-4-11-5)9(15)13-8-6(2-10)3-12-14-8/h3-4H,1H3,(H2,12,13,14,15). The van der Waals surface area contributed by atoms with Crippen LogP contribution in [0.25, 0.3) is 0 Å². The first kappa shape index (κ1) is 10.3. The number of thiazole rings is 1. The molecule has 7 heteroatoms. The van der Waals surface area contributed by atoms with Gasteiger partial charge in [0.25, 0.3) is 5.91 Å². The molecule has 2 heterocycles. The van der Waals surface area contributed by atoms with Crippen LogP contribution in [0.3, 0.4) is 0 Å². The predicted molar refractivity (Wildman–Crippen MR) is 58.1 cm³/mol. The van der Waals surface area contributed by atoms with Gasteiger partial charge in [0, 0.05) is 0 Å². The van der Waals surface area contributed by atoms with E-state index in [9.17, 15) is 4.79 Å². The van der Waals surface area contributed by atoms with E-state index in [4.69, 9.17) is 5.26 Å². The zero-order valence-corrected chi connectivity index (χ0v) is 9.13. The van der Waals surface area contributed by atoms with Crippen LogP contribution >= 0.6 is 11.3 Å². The van der Waals surface area contributed by atoms with E-state index >= 15 is 0 Å². The number of carbonyl (C=O) groups is 1. The van der Waals surface area contributed by atoms with Crippen LogP contribution in [0.4, 0.5) is 5.82 Å². The molecule has 0 radical (unpaired) electrons. The Morgan fingerprint density at radius 1 is 1.69 bits per heavy atom. The summed E-state index contributed by atoms with van der Waals surface area (Å²) in [6.07, 6.45) is 1.36. The smallest absolute Gasteiger partial charge is 0.268 e. The molecule has 0 aliphatic carbocycles. The zero-order valence-electron chi connectivity index (χ0n) is 8.31. The molecule has 80 valence electrons. The zero-order chi connectivity index (χ0) is 11.5. The molecule has 0 unspecified atom stereocenters. The van der Waals surface area contributed by atoms with E-state index in [2.05, 4.69) is 20.5 Å².